The Labute approximate surface area is 203 Å². The van der Waals surface area contributed by atoms with Crippen molar-refractivity contribution < 1.29 is 4.79 Å². The van der Waals surface area contributed by atoms with Crippen molar-refractivity contribution in [1.82, 2.24) is 25.1 Å². The van der Waals surface area contributed by atoms with Crippen molar-refractivity contribution in [3.05, 3.63) is 72.2 Å². The molecule has 8 heteroatoms. The Bertz CT molecular complexity index is 1300. The molecule has 2 aromatic heterocycles. The number of thioether (sulfide) groups is 1. The Morgan fingerprint density at radius 2 is 2.03 bits per heavy atom. The number of aromatic nitrogens is 4. The molecule has 3 heterocycles. The van der Waals surface area contributed by atoms with Crippen LogP contribution in [0.25, 0.3) is 16.7 Å². The van der Waals surface area contributed by atoms with Crippen molar-refractivity contribution in [1.29, 1.82) is 0 Å². The number of aryl methyl sites for hydroxylation is 1. The van der Waals surface area contributed by atoms with Crippen molar-refractivity contribution >= 4 is 34.5 Å². The van der Waals surface area contributed by atoms with Gasteiger partial charge in [-0.15, -0.1) is 16.9 Å². The van der Waals surface area contributed by atoms with E-state index in [1.54, 1.807) is 18.1 Å². The second kappa shape index (κ2) is 9.85. The fourth-order valence-corrected chi connectivity index (χ4v) is 4.85. The fourth-order valence-electron chi connectivity index (χ4n) is 4.44. The van der Waals surface area contributed by atoms with E-state index in [9.17, 15) is 4.79 Å². The molecule has 34 heavy (non-hydrogen) atoms. The molecule has 5 rings (SSSR count). The summed E-state index contributed by atoms with van der Waals surface area (Å²) in [5.74, 6) is 0.865. The first kappa shape index (κ1) is 22.4. The Morgan fingerprint density at radius 1 is 1.18 bits per heavy atom. The average Bonchev–Trinajstić information content (AvgIpc) is 3.32. The van der Waals surface area contributed by atoms with E-state index in [-0.39, 0.29) is 11.8 Å². The van der Waals surface area contributed by atoms with E-state index in [4.69, 9.17) is 0 Å². The highest BCUT2D eigenvalue weighted by Gasteiger charge is 2.28. The van der Waals surface area contributed by atoms with E-state index in [0.29, 0.717) is 18.7 Å². The summed E-state index contributed by atoms with van der Waals surface area (Å²) in [6.45, 7) is 4.11. The van der Waals surface area contributed by atoms with Gasteiger partial charge in [0.05, 0.1) is 17.0 Å². The summed E-state index contributed by atoms with van der Waals surface area (Å²) in [7, 11) is 0. The lowest BCUT2D eigenvalue weighted by Crippen LogP contribution is -2.43. The van der Waals surface area contributed by atoms with Crippen molar-refractivity contribution in [2.24, 2.45) is 5.92 Å². The number of amides is 1. The molecule has 174 valence electrons. The van der Waals surface area contributed by atoms with Gasteiger partial charge >= 0.3 is 0 Å². The molecule has 0 radical (unpaired) electrons. The molecule has 1 N–H and O–H groups in total. The van der Waals surface area contributed by atoms with Gasteiger partial charge in [0.2, 0.25) is 5.91 Å². The minimum Gasteiger partial charge on any atom is -0.355 e. The van der Waals surface area contributed by atoms with Crippen LogP contribution in [0.2, 0.25) is 0 Å². The average molecular weight is 473 g/mol. The second-order valence-corrected chi connectivity index (χ2v) is 9.58. The number of carbonyl (C=O) groups is 1. The van der Waals surface area contributed by atoms with Gasteiger partial charge < -0.3 is 10.2 Å². The number of anilines is 1. The first-order chi connectivity index (χ1) is 16.6. The summed E-state index contributed by atoms with van der Waals surface area (Å²) in [5.41, 5.74) is 3.94. The third-order valence-corrected chi connectivity index (χ3v) is 7.02. The zero-order valence-corrected chi connectivity index (χ0v) is 20.3. The Morgan fingerprint density at radius 3 is 2.82 bits per heavy atom. The normalized spacial score (nSPS) is 16.1. The summed E-state index contributed by atoms with van der Waals surface area (Å²) in [6, 6.07) is 16.5. The number of nitrogens with one attached hydrogen (secondary N) is 1. The number of carbonyl (C=O) groups excluding carboxylic acids is 1. The van der Waals surface area contributed by atoms with E-state index < -0.39 is 0 Å². The molecule has 1 aliphatic heterocycles. The van der Waals surface area contributed by atoms with Crippen LogP contribution in [0, 0.1) is 12.8 Å². The quantitative estimate of drug-likeness (QED) is 0.420. The third-order valence-electron chi connectivity index (χ3n) is 6.28. The van der Waals surface area contributed by atoms with Crippen molar-refractivity contribution in [2.75, 3.05) is 24.2 Å². The molecule has 1 amide bonds. The minimum absolute atomic E-state index is 0.0731. The maximum atomic E-state index is 13.0. The van der Waals surface area contributed by atoms with Gasteiger partial charge in [0.1, 0.15) is 12.1 Å². The summed E-state index contributed by atoms with van der Waals surface area (Å²) in [4.78, 5) is 25.4. The molecule has 0 aliphatic carbocycles. The standard InChI is InChI=1S/C26H28N6OS/c1-18-5-3-7-21(13-18)32-16-23-24(30-32)28-17-29-25(23)31-12-4-6-20(15-31)26(33)27-14-19-8-10-22(34-2)11-9-19/h3,5,7-11,13,16-17,20H,4,6,12,14-15H2,1-2H3,(H,27,33). The second-order valence-electron chi connectivity index (χ2n) is 8.70. The molecule has 1 saturated heterocycles. The number of hydrogen-bond acceptors (Lipinski definition) is 6. The molecule has 1 atom stereocenters. The predicted molar refractivity (Wildman–Crippen MR) is 136 cm³/mol. The molecule has 4 aromatic rings. The zero-order valence-electron chi connectivity index (χ0n) is 19.4. The molecular weight excluding hydrogens is 444 g/mol. The monoisotopic (exact) mass is 472 g/mol. The summed E-state index contributed by atoms with van der Waals surface area (Å²) in [5, 5.41) is 8.69. The van der Waals surface area contributed by atoms with E-state index in [0.717, 1.165) is 41.8 Å². The molecule has 2 aromatic carbocycles. The number of nitrogens with zero attached hydrogens (tertiary/aromatic N) is 5. The Balaban J connectivity index is 1.31. The van der Waals surface area contributed by atoms with Crippen LogP contribution in [-0.4, -0.2) is 45.0 Å². The van der Waals surface area contributed by atoms with Crippen LogP contribution in [0.3, 0.4) is 0 Å². The lowest BCUT2D eigenvalue weighted by molar-refractivity contribution is -0.125. The van der Waals surface area contributed by atoms with Gasteiger partial charge in [0.25, 0.3) is 0 Å². The van der Waals surface area contributed by atoms with Crippen LogP contribution in [-0.2, 0) is 11.3 Å². The van der Waals surface area contributed by atoms with Gasteiger partial charge in [0.15, 0.2) is 5.65 Å². The maximum Gasteiger partial charge on any atom is 0.225 e. The summed E-state index contributed by atoms with van der Waals surface area (Å²) >= 11 is 1.71. The molecule has 1 fully saturated rings. The van der Waals surface area contributed by atoms with Crippen molar-refractivity contribution in [3.63, 3.8) is 0 Å². The van der Waals surface area contributed by atoms with Gasteiger partial charge in [-0.3, -0.25) is 4.79 Å². The van der Waals surface area contributed by atoms with Crippen LogP contribution in [0.4, 0.5) is 5.82 Å². The first-order valence-electron chi connectivity index (χ1n) is 11.5. The number of fused-ring (bicyclic) bond motifs is 1. The minimum atomic E-state index is -0.0731. The lowest BCUT2D eigenvalue weighted by Gasteiger charge is -2.33. The number of piperidine rings is 1. The van der Waals surface area contributed by atoms with Gasteiger partial charge in [-0.1, -0.05) is 24.3 Å². The maximum absolute atomic E-state index is 13.0. The smallest absolute Gasteiger partial charge is 0.225 e. The highest BCUT2D eigenvalue weighted by Crippen LogP contribution is 2.28. The van der Waals surface area contributed by atoms with Crippen LogP contribution in [0.1, 0.15) is 24.0 Å². The van der Waals surface area contributed by atoms with Crippen molar-refractivity contribution in [2.45, 2.75) is 31.2 Å². The largest absolute Gasteiger partial charge is 0.355 e. The van der Waals surface area contributed by atoms with E-state index in [1.165, 1.54) is 10.5 Å². The van der Waals surface area contributed by atoms with E-state index in [2.05, 4.69) is 74.9 Å². The molecular formula is C26H28N6OS. The predicted octanol–water partition coefficient (Wildman–Crippen LogP) is 4.38. The fraction of sp³-hybridized carbons (Fsp3) is 0.308. The van der Waals surface area contributed by atoms with E-state index in [1.807, 2.05) is 23.0 Å². The van der Waals surface area contributed by atoms with Crippen LogP contribution in [0.5, 0.6) is 0 Å². The van der Waals surface area contributed by atoms with Gasteiger partial charge in [-0.05, 0) is 61.4 Å². The topological polar surface area (TPSA) is 75.9 Å². The molecule has 1 unspecified atom stereocenters. The molecule has 7 nitrogen and oxygen atoms in total. The van der Waals surface area contributed by atoms with Crippen LogP contribution >= 0.6 is 11.8 Å². The number of hydrogen-bond donors (Lipinski definition) is 1. The van der Waals surface area contributed by atoms with Crippen LogP contribution in [0.15, 0.2) is 66.0 Å². The number of rotatable bonds is 6. The molecule has 1 aliphatic rings. The SMILES string of the molecule is CSc1ccc(CNC(=O)C2CCCN(c3ncnc4nn(-c5cccc(C)c5)cc34)C2)cc1. The third kappa shape index (κ3) is 4.77. The molecule has 0 spiro atoms. The first-order valence-corrected chi connectivity index (χ1v) is 12.8. The van der Waals surface area contributed by atoms with E-state index >= 15 is 0 Å². The van der Waals surface area contributed by atoms with Gasteiger partial charge in [-0.2, -0.15) is 0 Å². The van der Waals surface area contributed by atoms with Gasteiger partial charge in [0, 0.05) is 30.7 Å². The zero-order chi connectivity index (χ0) is 23.5. The highest BCUT2D eigenvalue weighted by atomic mass is 32.2. The molecule has 0 bridgehead atoms. The molecule has 0 saturated carbocycles. The summed E-state index contributed by atoms with van der Waals surface area (Å²) < 4.78 is 1.85. The van der Waals surface area contributed by atoms with Crippen LogP contribution < -0.4 is 10.2 Å². The summed E-state index contributed by atoms with van der Waals surface area (Å²) in [6.07, 6.45) is 7.43. The highest BCUT2D eigenvalue weighted by molar-refractivity contribution is 7.98. The Kier molecular flexibility index (Phi) is 6.49. The Hall–Kier alpha value is -3.39. The van der Waals surface area contributed by atoms with Crippen molar-refractivity contribution in [3.8, 4) is 5.69 Å². The number of benzene rings is 2. The lowest BCUT2D eigenvalue weighted by atomic mass is 9.97. The van der Waals surface area contributed by atoms with Gasteiger partial charge in [-0.25, -0.2) is 14.6 Å².